The van der Waals surface area contributed by atoms with Gasteiger partial charge in [0.2, 0.25) is 5.56 Å². The van der Waals surface area contributed by atoms with Crippen molar-refractivity contribution >= 4 is 22.9 Å². The Labute approximate surface area is 140 Å². The summed E-state index contributed by atoms with van der Waals surface area (Å²) < 4.78 is 10.5. The smallest absolute Gasteiger partial charge is 0.412 e. The molecular formula is C17H14N2O6. The maximum absolute atomic E-state index is 12.3. The fourth-order valence-electron chi connectivity index (χ4n) is 2.32. The molecule has 8 nitrogen and oxygen atoms in total. The van der Waals surface area contributed by atoms with Crippen LogP contribution in [0.5, 0.6) is 5.75 Å². The second-order valence-corrected chi connectivity index (χ2v) is 5.11. The highest BCUT2D eigenvalue weighted by Gasteiger charge is 2.14. The third-order valence-electron chi connectivity index (χ3n) is 3.40. The molecule has 8 heteroatoms. The van der Waals surface area contributed by atoms with Crippen LogP contribution in [0, 0.1) is 0 Å². The van der Waals surface area contributed by atoms with Crippen LogP contribution in [0.1, 0.15) is 6.92 Å². The molecule has 1 amide bonds. The van der Waals surface area contributed by atoms with Crippen LogP contribution < -0.4 is 16.3 Å². The number of hydrogen-bond acceptors (Lipinski definition) is 6. The molecule has 3 N–H and O–H groups in total. The molecule has 0 atom stereocenters. The number of phenolic OH excluding ortho intramolecular Hbond substituents is 1. The minimum Gasteiger partial charge on any atom is -0.508 e. The van der Waals surface area contributed by atoms with E-state index in [9.17, 15) is 19.5 Å². The quantitative estimate of drug-likeness (QED) is 0.672. The van der Waals surface area contributed by atoms with Gasteiger partial charge in [0, 0.05) is 12.1 Å². The predicted octanol–water partition coefficient (Wildman–Crippen LogP) is 2.42. The average Bonchev–Trinajstić information content (AvgIpc) is 2.56. The van der Waals surface area contributed by atoms with Gasteiger partial charge in [-0.25, -0.2) is 4.79 Å². The van der Waals surface area contributed by atoms with Crippen molar-refractivity contribution in [3.05, 3.63) is 57.0 Å². The number of aromatic hydroxyl groups is 1. The number of amides is 1. The molecular weight excluding hydrogens is 328 g/mol. The van der Waals surface area contributed by atoms with Crippen molar-refractivity contribution in [1.82, 2.24) is 4.98 Å². The summed E-state index contributed by atoms with van der Waals surface area (Å²) >= 11 is 0. The summed E-state index contributed by atoms with van der Waals surface area (Å²) in [6, 6.07) is 8.03. The zero-order valence-corrected chi connectivity index (χ0v) is 13.2. The number of benzene rings is 1. The molecule has 0 aliphatic carbocycles. The van der Waals surface area contributed by atoms with E-state index in [0.717, 1.165) is 0 Å². The molecule has 0 saturated heterocycles. The standard InChI is InChI=1S/C17H14N2O6/c1-2-24-17(23)19-16-10(4-6-15(22)18-16)14-8-12(21)11-7-9(20)3-5-13(11)25-14/h3-8,20H,2H2,1H3,(H2,18,19,22,23). The number of rotatable bonds is 3. The molecule has 1 aromatic carbocycles. The molecule has 0 unspecified atom stereocenters. The summed E-state index contributed by atoms with van der Waals surface area (Å²) in [5.74, 6) is 0.139. The van der Waals surface area contributed by atoms with Crippen molar-refractivity contribution in [2.45, 2.75) is 6.92 Å². The van der Waals surface area contributed by atoms with Gasteiger partial charge in [0.25, 0.3) is 0 Å². The number of ether oxygens (including phenoxy) is 1. The molecule has 0 spiro atoms. The van der Waals surface area contributed by atoms with Crippen LogP contribution in [0.4, 0.5) is 10.6 Å². The Morgan fingerprint density at radius 2 is 2.04 bits per heavy atom. The lowest BCUT2D eigenvalue weighted by Gasteiger charge is -2.10. The number of anilines is 1. The molecule has 0 bridgehead atoms. The maximum Gasteiger partial charge on any atom is 0.412 e. The van der Waals surface area contributed by atoms with Crippen molar-refractivity contribution in [3.63, 3.8) is 0 Å². The summed E-state index contributed by atoms with van der Waals surface area (Å²) in [5, 5.41) is 12.1. The van der Waals surface area contributed by atoms with E-state index in [1.807, 2.05) is 0 Å². The zero-order chi connectivity index (χ0) is 18.0. The first-order chi connectivity index (χ1) is 12.0. The van der Waals surface area contributed by atoms with Gasteiger partial charge in [0.05, 0.1) is 17.6 Å². The van der Waals surface area contributed by atoms with Crippen molar-refractivity contribution in [1.29, 1.82) is 0 Å². The van der Waals surface area contributed by atoms with Crippen LogP contribution in [0.3, 0.4) is 0 Å². The molecule has 0 aliphatic rings. The van der Waals surface area contributed by atoms with Crippen LogP contribution in [-0.2, 0) is 4.74 Å². The Bertz CT molecular complexity index is 1070. The first kappa shape index (κ1) is 16.3. The van der Waals surface area contributed by atoms with Gasteiger partial charge in [0.15, 0.2) is 5.43 Å². The second-order valence-electron chi connectivity index (χ2n) is 5.11. The van der Waals surface area contributed by atoms with Crippen molar-refractivity contribution < 1.29 is 19.1 Å². The molecule has 0 fully saturated rings. The van der Waals surface area contributed by atoms with Crippen LogP contribution in [0.2, 0.25) is 0 Å². The van der Waals surface area contributed by atoms with Gasteiger partial charge < -0.3 is 19.2 Å². The first-order valence-corrected chi connectivity index (χ1v) is 7.42. The topological polar surface area (TPSA) is 122 Å². The van der Waals surface area contributed by atoms with Crippen LogP contribution in [0.15, 0.2) is 50.4 Å². The van der Waals surface area contributed by atoms with Crippen molar-refractivity contribution in [3.8, 4) is 17.1 Å². The fraction of sp³-hybridized carbons (Fsp3) is 0.118. The normalized spacial score (nSPS) is 10.6. The van der Waals surface area contributed by atoms with E-state index < -0.39 is 11.7 Å². The molecule has 0 aliphatic heterocycles. The Hall–Kier alpha value is -3.55. The Balaban J connectivity index is 2.14. The largest absolute Gasteiger partial charge is 0.508 e. The van der Waals surface area contributed by atoms with Gasteiger partial charge in [-0.1, -0.05) is 0 Å². The molecule has 0 saturated carbocycles. The number of hydrogen-bond donors (Lipinski definition) is 3. The highest BCUT2D eigenvalue weighted by Crippen LogP contribution is 2.27. The maximum atomic E-state index is 12.3. The van der Waals surface area contributed by atoms with Crippen molar-refractivity contribution in [2.75, 3.05) is 11.9 Å². The molecule has 25 heavy (non-hydrogen) atoms. The third kappa shape index (κ3) is 3.37. The monoisotopic (exact) mass is 342 g/mol. The summed E-state index contributed by atoms with van der Waals surface area (Å²) in [5.41, 5.74) is -0.252. The predicted molar refractivity (Wildman–Crippen MR) is 90.9 cm³/mol. The Kier molecular flexibility index (Phi) is 4.25. The van der Waals surface area contributed by atoms with Crippen LogP contribution in [-0.4, -0.2) is 22.8 Å². The number of aromatic nitrogens is 1. The summed E-state index contributed by atoms with van der Waals surface area (Å²) in [4.78, 5) is 38.0. The lowest BCUT2D eigenvalue weighted by Crippen LogP contribution is -2.18. The van der Waals surface area contributed by atoms with Gasteiger partial charge in [-0.05, 0) is 31.2 Å². The number of phenols is 1. The summed E-state index contributed by atoms with van der Waals surface area (Å²) in [6.07, 6.45) is -0.751. The third-order valence-corrected chi connectivity index (χ3v) is 3.40. The molecule has 2 heterocycles. The minimum absolute atomic E-state index is 0.0484. The highest BCUT2D eigenvalue weighted by molar-refractivity contribution is 5.89. The van der Waals surface area contributed by atoms with Gasteiger partial charge >= 0.3 is 6.09 Å². The fourth-order valence-corrected chi connectivity index (χ4v) is 2.32. The van der Waals surface area contributed by atoms with E-state index in [-0.39, 0.29) is 40.3 Å². The number of nitrogens with one attached hydrogen (secondary N) is 2. The highest BCUT2D eigenvalue weighted by atomic mass is 16.5. The number of carbonyl (C=O) groups excluding carboxylic acids is 1. The summed E-state index contributed by atoms with van der Waals surface area (Å²) in [7, 11) is 0. The van der Waals surface area contributed by atoms with E-state index >= 15 is 0 Å². The van der Waals surface area contributed by atoms with Crippen LogP contribution >= 0.6 is 0 Å². The molecule has 2 aromatic heterocycles. The summed E-state index contributed by atoms with van der Waals surface area (Å²) in [6.45, 7) is 1.80. The minimum atomic E-state index is -0.751. The Morgan fingerprint density at radius 3 is 2.80 bits per heavy atom. The van der Waals surface area contributed by atoms with E-state index in [1.165, 1.54) is 36.4 Å². The van der Waals surface area contributed by atoms with E-state index in [4.69, 9.17) is 9.15 Å². The SMILES string of the molecule is CCOC(=O)Nc1[nH]c(=O)ccc1-c1cc(=O)c2cc(O)ccc2o1. The number of aromatic amines is 1. The average molecular weight is 342 g/mol. The molecule has 3 rings (SSSR count). The molecule has 0 radical (unpaired) electrons. The number of carbonyl (C=O) groups is 1. The van der Waals surface area contributed by atoms with Crippen molar-refractivity contribution in [2.24, 2.45) is 0 Å². The van der Waals surface area contributed by atoms with Gasteiger partial charge in [-0.2, -0.15) is 0 Å². The lowest BCUT2D eigenvalue weighted by atomic mass is 10.1. The number of fused-ring (bicyclic) bond motifs is 1. The number of pyridine rings is 1. The lowest BCUT2D eigenvalue weighted by molar-refractivity contribution is 0.168. The Morgan fingerprint density at radius 1 is 1.24 bits per heavy atom. The second kappa shape index (κ2) is 6.52. The first-order valence-electron chi connectivity index (χ1n) is 7.42. The van der Waals surface area contributed by atoms with Gasteiger partial charge in [-0.3, -0.25) is 14.9 Å². The van der Waals surface area contributed by atoms with E-state index in [2.05, 4.69) is 10.3 Å². The van der Waals surface area contributed by atoms with Crippen LogP contribution in [0.25, 0.3) is 22.3 Å². The van der Waals surface area contributed by atoms with E-state index in [0.29, 0.717) is 5.56 Å². The van der Waals surface area contributed by atoms with E-state index in [1.54, 1.807) is 6.92 Å². The van der Waals surface area contributed by atoms with Gasteiger partial charge in [0.1, 0.15) is 22.9 Å². The molecule has 3 aromatic rings. The number of H-pyrrole nitrogens is 1. The molecule has 128 valence electrons. The zero-order valence-electron chi connectivity index (χ0n) is 13.2. The van der Waals surface area contributed by atoms with Gasteiger partial charge in [-0.15, -0.1) is 0 Å².